The van der Waals surface area contributed by atoms with E-state index in [9.17, 15) is 19.2 Å². The Bertz CT molecular complexity index is 1280. The van der Waals surface area contributed by atoms with E-state index in [1.807, 2.05) is 0 Å². The maximum Gasteiger partial charge on any atom is 0.373 e. The van der Waals surface area contributed by atoms with Gasteiger partial charge in [-0.1, -0.05) is 18.2 Å². The highest BCUT2D eigenvalue weighted by Crippen LogP contribution is 2.35. The number of nitrogens with zero attached hydrogens (tertiary/aromatic N) is 1. The number of carbonyl (C=O) groups is 4. The van der Waals surface area contributed by atoms with Gasteiger partial charge in [0.2, 0.25) is 5.76 Å². The standard InChI is InChI=1S/C23H17NO8S/c1-29-21(26)16-6-4-3-5-15(16)17-9-7-13(31-17)11-19-20(25)24(23(28)33-19)12-14-8-10-18(32-14)22(27)30-2/h3-11H,12H2,1-2H3/b19-11+. The summed E-state index contributed by atoms with van der Waals surface area (Å²) in [5.74, 6) is -0.692. The maximum absolute atomic E-state index is 12.8. The van der Waals surface area contributed by atoms with Gasteiger partial charge in [-0.25, -0.2) is 9.59 Å². The molecule has 4 rings (SSSR count). The van der Waals surface area contributed by atoms with Crippen LogP contribution in [-0.4, -0.2) is 42.2 Å². The molecule has 2 amide bonds. The average Bonchev–Trinajstić information content (AvgIpc) is 3.55. The number of rotatable bonds is 6. The molecule has 0 N–H and O–H groups in total. The van der Waals surface area contributed by atoms with E-state index in [-0.39, 0.29) is 23.0 Å². The van der Waals surface area contributed by atoms with E-state index in [0.717, 1.165) is 16.7 Å². The summed E-state index contributed by atoms with van der Waals surface area (Å²) in [5.41, 5.74) is 0.877. The van der Waals surface area contributed by atoms with Crippen LogP contribution in [0.1, 0.15) is 32.4 Å². The Morgan fingerprint density at radius 2 is 1.73 bits per heavy atom. The first kappa shape index (κ1) is 22.2. The molecule has 0 bridgehead atoms. The van der Waals surface area contributed by atoms with Gasteiger partial charge in [0.1, 0.15) is 17.3 Å². The summed E-state index contributed by atoms with van der Waals surface area (Å²) in [7, 11) is 2.52. The van der Waals surface area contributed by atoms with Gasteiger partial charge in [-0.05, 0) is 42.1 Å². The van der Waals surface area contributed by atoms with Crippen LogP contribution in [-0.2, 0) is 20.8 Å². The molecule has 3 aromatic rings. The fourth-order valence-corrected chi connectivity index (χ4v) is 3.97. The van der Waals surface area contributed by atoms with Crippen molar-refractivity contribution < 1.29 is 37.5 Å². The number of carbonyl (C=O) groups excluding carboxylic acids is 4. The lowest BCUT2D eigenvalue weighted by molar-refractivity contribution is -0.123. The van der Waals surface area contributed by atoms with E-state index in [1.54, 1.807) is 36.4 Å². The Balaban J connectivity index is 1.53. The van der Waals surface area contributed by atoms with Crippen molar-refractivity contribution in [3.63, 3.8) is 0 Å². The van der Waals surface area contributed by atoms with E-state index in [4.69, 9.17) is 13.6 Å². The van der Waals surface area contributed by atoms with Crippen LogP contribution >= 0.6 is 11.8 Å². The van der Waals surface area contributed by atoms with Gasteiger partial charge in [-0.3, -0.25) is 14.5 Å². The van der Waals surface area contributed by atoms with E-state index in [0.29, 0.717) is 22.6 Å². The summed E-state index contributed by atoms with van der Waals surface area (Å²) in [6.45, 7) is -0.130. The third kappa shape index (κ3) is 4.46. The number of furan rings is 2. The van der Waals surface area contributed by atoms with Crippen LogP contribution in [0.5, 0.6) is 0 Å². The van der Waals surface area contributed by atoms with Crippen LogP contribution in [0.4, 0.5) is 4.79 Å². The van der Waals surface area contributed by atoms with Crippen molar-refractivity contribution >= 4 is 40.9 Å². The number of amides is 2. The number of hydrogen-bond acceptors (Lipinski definition) is 9. The first-order valence-corrected chi connectivity index (χ1v) is 10.4. The van der Waals surface area contributed by atoms with Gasteiger partial charge < -0.3 is 18.3 Å². The molecule has 0 radical (unpaired) electrons. The minimum absolute atomic E-state index is 0.0228. The molecule has 1 aromatic carbocycles. The van der Waals surface area contributed by atoms with Crippen LogP contribution in [0.2, 0.25) is 0 Å². The summed E-state index contributed by atoms with van der Waals surface area (Å²) in [6.07, 6.45) is 1.46. The number of imide groups is 1. The molecule has 0 aliphatic carbocycles. The lowest BCUT2D eigenvalue weighted by Gasteiger charge is -2.09. The van der Waals surface area contributed by atoms with E-state index >= 15 is 0 Å². The molecule has 10 heteroatoms. The van der Waals surface area contributed by atoms with Gasteiger partial charge in [0.05, 0.1) is 31.2 Å². The number of ether oxygens (including phenoxy) is 2. The molecule has 0 spiro atoms. The number of methoxy groups -OCH3 is 2. The van der Waals surface area contributed by atoms with Gasteiger partial charge in [0, 0.05) is 11.6 Å². The Kier molecular flexibility index (Phi) is 6.18. The second kappa shape index (κ2) is 9.21. The predicted octanol–water partition coefficient (Wildman–Crippen LogP) is 4.35. The van der Waals surface area contributed by atoms with E-state index < -0.39 is 23.1 Å². The molecule has 168 valence electrons. The van der Waals surface area contributed by atoms with Crippen LogP contribution in [0.25, 0.3) is 17.4 Å². The molecular weight excluding hydrogens is 450 g/mol. The largest absolute Gasteiger partial charge is 0.465 e. The lowest BCUT2D eigenvalue weighted by atomic mass is 10.1. The highest BCUT2D eigenvalue weighted by atomic mass is 32.2. The minimum atomic E-state index is -0.655. The minimum Gasteiger partial charge on any atom is -0.465 e. The quantitative estimate of drug-likeness (QED) is 0.385. The SMILES string of the molecule is COC(=O)c1ccc(CN2C(=O)S/C(=C/c3ccc(-c4ccccc4C(=O)OC)o3)C2=O)o1. The van der Waals surface area contributed by atoms with Crippen LogP contribution < -0.4 is 0 Å². The summed E-state index contributed by atoms with van der Waals surface area (Å²) in [5, 5.41) is -0.481. The van der Waals surface area contributed by atoms with Crippen molar-refractivity contribution in [1.29, 1.82) is 0 Å². The highest BCUT2D eigenvalue weighted by molar-refractivity contribution is 8.18. The molecule has 2 aromatic heterocycles. The maximum atomic E-state index is 12.8. The molecule has 3 heterocycles. The molecule has 0 saturated carbocycles. The first-order chi connectivity index (χ1) is 15.9. The van der Waals surface area contributed by atoms with E-state index in [1.165, 1.54) is 32.4 Å². The zero-order valence-corrected chi connectivity index (χ0v) is 18.3. The highest BCUT2D eigenvalue weighted by Gasteiger charge is 2.36. The summed E-state index contributed by atoms with van der Waals surface area (Å²) in [4.78, 5) is 49.8. The smallest absolute Gasteiger partial charge is 0.373 e. The summed E-state index contributed by atoms with van der Waals surface area (Å²) >= 11 is 0.761. The van der Waals surface area contributed by atoms with Crippen molar-refractivity contribution in [3.8, 4) is 11.3 Å². The second-order valence-electron chi connectivity index (χ2n) is 6.76. The van der Waals surface area contributed by atoms with Crippen molar-refractivity contribution in [2.24, 2.45) is 0 Å². The fourth-order valence-electron chi connectivity index (χ4n) is 3.16. The summed E-state index contributed by atoms with van der Waals surface area (Å²) < 4.78 is 20.5. The molecular formula is C23H17NO8S. The predicted molar refractivity (Wildman–Crippen MR) is 117 cm³/mol. The normalized spacial score (nSPS) is 14.7. The van der Waals surface area contributed by atoms with Gasteiger partial charge in [-0.2, -0.15) is 0 Å². The van der Waals surface area contributed by atoms with Gasteiger partial charge in [0.15, 0.2) is 0 Å². The Morgan fingerprint density at radius 1 is 0.970 bits per heavy atom. The van der Waals surface area contributed by atoms with Gasteiger partial charge in [0.25, 0.3) is 11.1 Å². The van der Waals surface area contributed by atoms with Gasteiger partial charge in [-0.15, -0.1) is 0 Å². The van der Waals surface area contributed by atoms with Crippen molar-refractivity contribution in [3.05, 3.63) is 76.3 Å². The molecule has 1 aliphatic rings. The third-order valence-corrected chi connectivity index (χ3v) is 5.64. The second-order valence-corrected chi connectivity index (χ2v) is 7.76. The van der Waals surface area contributed by atoms with Crippen molar-refractivity contribution in [1.82, 2.24) is 4.90 Å². The Hall–Kier alpha value is -4.05. The van der Waals surface area contributed by atoms with Crippen LogP contribution in [0.3, 0.4) is 0 Å². The van der Waals surface area contributed by atoms with Crippen LogP contribution in [0, 0.1) is 0 Å². The number of benzene rings is 1. The monoisotopic (exact) mass is 467 g/mol. The van der Waals surface area contributed by atoms with Gasteiger partial charge >= 0.3 is 11.9 Å². The molecule has 1 fully saturated rings. The van der Waals surface area contributed by atoms with Crippen molar-refractivity contribution in [2.45, 2.75) is 6.54 Å². The molecule has 1 saturated heterocycles. The molecule has 9 nitrogen and oxygen atoms in total. The van der Waals surface area contributed by atoms with E-state index in [2.05, 4.69) is 4.74 Å². The van der Waals surface area contributed by atoms with Crippen LogP contribution in [0.15, 0.2) is 62.3 Å². The third-order valence-electron chi connectivity index (χ3n) is 4.73. The zero-order chi connectivity index (χ0) is 23.5. The fraction of sp³-hybridized carbons (Fsp3) is 0.130. The van der Waals surface area contributed by atoms with Crippen molar-refractivity contribution in [2.75, 3.05) is 14.2 Å². The summed E-state index contributed by atoms with van der Waals surface area (Å²) in [6, 6.07) is 13.0. The lowest BCUT2D eigenvalue weighted by Crippen LogP contribution is -2.27. The number of hydrogen-bond donors (Lipinski definition) is 0. The first-order valence-electron chi connectivity index (χ1n) is 9.61. The topological polar surface area (TPSA) is 116 Å². The molecule has 33 heavy (non-hydrogen) atoms. The number of esters is 2. The molecule has 1 aliphatic heterocycles. The molecule has 0 atom stereocenters. The Labute approximate surface area is 191 Å². The zero-order valence-electron chi connectivity index (χ0n) is 17.5. The Morgan fingerprint density at radius 3 is 2.48 bits per heavy atom. The number of thioether (sulfide) groups is 1. The average molecular weight is 467 g/mol. The molecule has 0 unspecified atom stereocenters.